The normalized spacial score (nSPS) is 19.7. The molecule has 0 spiro atoms. The van der Waals surface area contributed by atoms with Gasteiger partial charge in [0.1, 0.15) is 11.4 Å². The van der Waals surface area contributed by atoms with E-state index in [1.807, 2.05) is 45.0 Å². The predicted octanol–water partition coefficient (Wildman–Crippen LogP) is 3.24. The van der Waals surface area contributed by atoms with Crippen LogP contribution in [-0.4, -0.2) is 46.1 Å². The van der Waals surface area contributed by atoms with E-state index in [0.717, 1.165) is 11.3 Å². The third-order valence-electron chi connectivity index (χ3n) is 5.13. The van der Waals surface area contributed by atoms with Crippen LogP contribution >= 0.6 is 0 Å². The zero-order valence-electron chi connectivity index (χ0n) is 16.2. The summed E-state index contributed by atoms with van der Waals surface area (Å²) >= 11 is 0. The van der Waals surface area contributed by atoms with Crippen LogP contribution in [0.2, 0.25) is 0 Å². The molecule has 1 aromatic carbocycles. The van der Waals surface area contributed by atoms with Crippen molar-refractivity contribution in [2.24, 2.45) is 5.41 Å². The lowest BCUT2D eigenvalue weighted by Gasteiger charge is -2.47. The van der Waals surface area contributed by atoms with Gasteiger partial charge in [-0.15, -0.1) is 0 Å². The molecular weight excluding hydrogens is 344 g/mol. The molecule has 1 aliphatic heterocycles. The molecule has 6 heteroatoms. The number of fused-ring (bicyclic) bond motifs is 1. The van der Waals surface area contributed by atoms with Crippen LogP contribution in [0.4, 0.5) is 0 Å². The molecule has 0 radical (unpaired) electrons. The molecule has 3 rings (SSSR count). The van der Waals surface area contributed by atoms with Gasteiger partial charge in [0.15, 0.2) is 6.04 Å². The number of aromatic nitrogens is 1. The summed E-state index contributed by atoms with van der Waals surface area (Å²) < 4.78 is 6.78. The number of carbonyl (C=O) groups excluding carboxylic acids is 1. The molecule has 0 saturated heterocycles. The van der Waals surface area contributed by atoms with Crippen molar-refractivity contribution in [1.29, 1.82) is 0 Å². The molecule has 0 bridgehead atoms. The molecule has 6 nitrogen and oxygen atoms in total. The van der Waals surface area contributed by atoms with Gasteiger partial charge in [0, 0.05) is 12.7 Å². The van der Waals surface area contributed by atoms with E-state index < -0.39 is 18.1 Å². The Bertz CT molecular complexity index is 833. The number of hydrogen-bond donors (Lipinski definition) is 1. The highest BCUT2D eigenvalue weighted by atomic mass is 16.5. The lowest BCUT2D eigenvalue weighted by Crippen LogP contribution is -2.58. The fourth-order valence-electron chi connectivity index (χ4n) is 3.89. The number of rotatable bonds is 5. The molecule has 0 aliphatic carbocycles. The maximum absolute atomic E-state index is 13.1. The van der Waals surface area contributed by atoms with Crippen LogP contribution in [0.1, 0.15) is 42.9 Å². The van der Waals surface area contributed by atoms with Gasteiger partial charge in [-0.25, -0.2) is 4.79 Å². The molecular formula is C21H26N2O4. The second-order valence-electron chi connectivity index (χ2n) is 7.99. The summed E-state index contributed by atoms with van der Waals surface area (Å²) in [5.74, 6) is -0.260. The highest BCUT2D eigenvalue weighted by Gasteiger charge is 2.48. The highest BCUT2D eigenvalue weighted by Crippen LogP contribution is 2.38. The molecule has 2 heterocycles. The zero-order valence-corrected chi connectivity index (χ0v) is 16.2. The van der Waals surface area contributed by atoms with Crippen molar-refractivity contribution < 1.29 is 19.4 Å². The summed E-state index contributed by atoms with van der Waals surface area (Å²) in [5.41, 5.74) is 1.11. The minimum Gasteiger partial charge on any atom is -0.497 e. The second kappa shape index (κ2) is 7.10. The predicted molar refractivity (Wildman–Crippen MR) is 102 cm³/mol. The fourth-order valence-corrected chi connectivity index (χ4v) is 3.89. The first-order valence-electron chi connectivity index (χ1n) is 9.07. The van der Waals surface area contributed by atoms with Crippen LogP contribution in [0, 0.1) is 5.41 Å². The summed E-state index contributed by atoms with van der Waals surface area (Å²) in [6.07, 6.45) is 2.33. The molecule has 2 aromatic rings. The van der Waals surface area contributed by atoms with Gasteiger partial charge in [-0.3, -0.25) is 4.79 Å². The van der Waals surface area contributed by atoms with E-state index in [2.05, 4.69) is 0 Å². The van der Waals surface area contributed by atoms with Gasteiger partial charge in [0.2, 0.25) is 0 Å². The van der Waals surface area contributed by atoms with Gasteiger partial charge >= 0.3 is 5.97 Å². The topological polar surface area (TPSA) is 71.8 Å². The van der Waals surface area contributed by atoms with Crippen molar-refractivity contribution in [3.05, 3.63) is 53.9 Å². The first-order chi connectivity index (χ1) is 12.7. The molecule has 144 valence electrons. The summed E-state index contributed by atoms with van der Waals surface area (Å²) in [4.78, 5) is 26.9. The SMILES string of the molecule is COc1ccc(CCN2C(=O)c3cccn3[C@H](C(=O)O)[C@H]2C(C)(C)C)cc1. The number of amides is 1. The van der Waals surface area contributed by atoms with Crippen LogP contribution < -0.4 is 4.74 Å². The Morgan fingerprint density at radius 1 is 1.19 bits per heavy atom. The van der Waals surface area contributed by atoms with E-state index in [1.54, 1.807) is 34.9 Å². The standard InChI is InChI=1S/C21H26N2O4/c1-21(2,3)18-17(20(25)26)22-12-5-6-16(22)19(24)23(18)13-11-14-7-9-15(27-4)10-8-14/h5-10,12,17-18H,11,13H2,1-4H3,(H,25,26)/t17-,18-/m0/s1. The number of nitrogens with zero attached hydrogens (tertiary/aromatic N) is 2. The summed E-state index contributed by atoms with van der Waals surface area (Å²) in [5, 5.41) is 9.91. The first kappa shape index (κ1) is 19.0. The quantitative estimate of drug-likeness (QED) is 0.877. The zero-order chi connectivity index (χ0) is 19.8. The van der Waals surface area contributed by atoms with E-state index >= 15 is 0 Å². The third kappa shape index (κ3) is 3.56. The Balaban J connectivity index is 1.93. The lowest BCUT2D eigenvalue weighted by molar-refractivity contribution is -0.145. The van der Waals surface area contributed by atoms with Gasteiger partial charge in [-0.2, -0.15) is 0 Å². The molecule has 27 heavy (non-hydrogen) atoms. The minimum absolute atomic E-state index is 0.120. The second-order valence-corrected chi connectivity index (χ2v) is 7.99. The van der Waals surface area contributed by atoms with Gasteiger partial charge in [-0.05, 0) is 41.7 Å². The summed E-state index contributed by atoms with van der Waals surface area (Å²) in [6, 6.07) is 9.89. The van der Waals surface area contributed by atoms with Crippen LogP contribution in [0.5, 0.6) is 5.75 Å². The average molecular weight is 370 g/mol. The van der Waals surface area contributed by atoms with Crippen molar-refractivity contribution in [2.75, 3.05) is 13.7 Å². The molecule has 2 atom stereocenters. The molecule has 1 N–H and O–H groups in total. The number of aliphatic carboxylic acids is 1. The number of hydrogen-bond acceptors (Lipinski definition) is 3. The van der Waals surface area contributed by atoms with Crippen LogP contribution in [0.3, 0.4) is 0 Å². The Morgan fingerprint density at radius 2 is 1.85 bits per heavy atom. The van der Waals surface area contributed by atoms with Gasteiger partial charge < -0.3 is 19.3 Å². The van der Waals surface area contributed by atoms with E-state index in [0.29, 0.717) is 18.7 Å². The number of methoxy groups -OCH3 is 1. The van der Waals surface area contributed by atoms with Crippen molar-refractivity contribution in [3.8, 4) is 5.75 Å². The molecule has 1 aromatic heterocycles. The number of benzene rings is 1. The van der Waals surface area contributed by atoms with E-state index in [9.17, 15) is 14.7 Å². The number of carboxylic acid groups (broad SMARTS) is 1. The highest BCUT2D eigenvalue weighted by molar-refractivity contribution is 5.95. The Kier molecular flexibility index (Phi) is 5.00. The molecule has 1 aliphatic rings. The van der Waals surface area contributed by atoms with Crippen molar-refractivity contribution >= 4 is 11.9 Å². The minimum atomic E-state index is -0.922. The van der Waals surface area contributed by atoms with E-state index in [4.69, 9.17) is 4.74 Å². The lowest BCUT2D eigenvalue weighted by atomic mass is 9.79. The number of carboxylic acids is 1. The van der Waals surface area contributed by atoms with Gasteiger partial charge in [0.25, 0.3) is 5.91 Å². The summed E-state index contributed by atoms with van der Waals surface area (Å²) in [6.45, 7) is 6.41. The molecule has 0 unspecified atom stereocenters. The number of ether oxygens (including phenoxy) is 1. The number of carbonyl (C=O) groups is 2. The van der Waals surface area contributed by atoms with Crippen LogP contribution in [-0.2, 0) is 11.2 Å². The monoisotopic (exact) mass is 370 g/mol. The molecule has 0 saturated carbocycles. The van der Waals surface area contributed by atoms with E-state index in [1.165, 1.54) is 0 Å². The Hall–Kier alpha value is -2.76. The van der Waals surface area contributed by atoms with Crippen molar-refractivity contribution in [3.63, 3.8) is 0 Å². The first-order valence-corrected chi connectivity index (χ1v) is 9.07. The van der Waals surface area contributed by atoms with Gasteiger partial charge in [-0.1, -0.05) is 32.9 Å². The maximum Gasteiger partial charge on any atom is 0.328 e. The maximum atomic E-state index is 13.1. The third-order valence-corrected chi connectivity index (χ3v) is 5.13. The van der Waals surface area contributed by atoms with E-state index in [-0.39, 0.29) is 11.3 Å². The largest absolute Gasteiger partial charge is 0.497 e. The Morgan fingerprint density at radius 3 is 2.41 bits per heavy atom. The summed E-state index contributed by atoms with van der Waals surface area (Å²) in [7, 11) is 1.62. The molecule has 0 fully saturated rings. The average Bonchev–Trinajstić information content (AvgIpc) is 3.09. The van der Waals surface area contributed by atoms with Crippen molar-refractivity contribution in [1.82, 2.24) is 9.47 Å². The van der Waals surface area contributed by atoms with Crippen LogP contribution in [0.15, 0.2) is 42.6 Å². The smallest absolute Gasteiger partial charge is 0.328 e. The van der Waals surface area contributed by atoms with Crippen molar-refractivity contribution in [2.45, 2.75) is 39.3 Å². The fraction of sp³-hybridized carbons (Fsp3) is 0.429. The molecule has 1 amide bonds. The Labute approximate surface area is 159 Å². The van der Waals surface area contributed by atoms with Gasteiger partial charge in [0.05, 0.1) is 13.2 Å². The van der Waals surface area contributed by atoms with Crippen LogP contribution in [0.25, 0.3) is 0 Å².